The number of amides is 1. The standard InChI is InChI=1S/C18H16F2N4O2/c1-24-14(12-5-10(19)7-22-18(12)26-2)3-9-4-16(21-8-15(9)24)23-17(25)11-6-13(11)20/h3-5,7-8,11,13H,6H2,1-2H3,(H,21,23,25)/t11-,13+/m1/s1. The van der Waals surface area contributed by atoms with Crippen LogP contribution < -0.4 is 10.1 Å². The predicted octanol–water partition coefficient (Wildman–Crippen LogP) is 3.08. The summed E-state index contributed by atoms with van der Waals surface area (Å²) < 4.78 is 33.7. The van der Waals surface area contributed by atoms with Crippen LogP contribution in [0, 0.1) is 11.7 Å². The first-order valence-corrected chi connectivity index (χ1v) is 8.08. The molecular formula is C18H16F2N4O2. The Bertz CT molecular complexity index is 1020. The molecule has 0 saturated heterocycles. The molecule has 0 unspecified atom stereocenters. The number of fused-ring (bicyclic) bond motifs is 1. The van der Waals surface area contributed by atoms with Gasteiger partial charge in [-0.05, 0) is 24.6 Å². The monoisotopic (exact) mass is 358 g/mol. The molecule has 4 rings (SSSR count). The van der Waals surface area contributed by atoms with Crippen molar-refractivity contribution >= 4 is 22.6 Å². The fraction of sp³-hybridized carbons (Fsp3) is 0.278. The highest BCUT2D eigenvalue weighted by molar-refractivity contribution is 5.96. The molecule has 8 heteroatoms. The number of halogens is 2. The van der Waals surface area contributed by atoms with E-state index in [9.17, 15) is 13.6 Å². The number of aromatic nitrogens is 3. The summed E-state index contributed by atoms with van der Waals surface area (Å²) >= 11 is 0. The van der Waals surface area contributed by atoms with Crippen LogP contribution in [0.2, 0.25) is 0 Å². The number of carbonyl (C=O) groups is 1. The fourth-order valence-electron chi connectivity index (χ4n) is 2.99. The van der Waals surface area contributed by atoms with Gasteiger partial charge >= 0.3 is 0 Å². The molecule has 3 aromatic heterocycles. The quantitative estimate of drug-likeness (QED) is 0.778. The van der Waals surface area contributed by atoms with Crippen LogP contribution in [0.1, 0.15) is 6.42 Å². The molecule has 0 aliphatic heterocycles. The molecule has 1 aliphatic carbocycles. The van der Waals surface area contributed by atoms with Crippen LogP contribution >= 0.6 is 0 Å². The molecule has 1 saturated carbocycles. The maximum absolute atomic E-state index is 13.7. The van der Waals surface area contributed by atoms with Crippen molar-refractivity contribution in [1.82, 2.24) is 14.5 Å². The zero-order chi connectivity index (χ0) is 18.4. The van der Waals surface area contributed by atoms with Crippen molar-refractivity contribution in [2.24, 2.45) is 13.0 Å². The van der Waals surface area contributed by atoms with Gasteiger partial charge in [-0.1, -0.05) is 0 Å². The zero-order valence-corrected chi connectivity index (χ0v) is 14.2. The van der Waals surface area contributed by atoms with Crippen LogP contribution in [0.4, 0.5) is 14.6 Å². The van der Waals surface area contributed by atoms with Crippen LogP contribution in [-0.2, 0) is 11.8 Å². The summed E-state index contributed by atoms with van der Waals surface area (Å²) in [6, 6.07) is 4.89. The number of anilines is 1. The summed E-state index contributed by atoms with van der Waals surface area (Å²) in [4.78, 5) is 20.0. The molecule has 2 atom stereocenters. The highest BCUT2D eigenvalue weighted by atomic mass is 19.1. The number of aryl methyl sites for hydroxylation is 1. The molecular weight excluding hydrogens is 342 g/mol. The van der Waals surface area contributed by atoms with E-state index in [0.29, 0.717) is 23.0 Å². The fourth-order valence-corrected chi connectivity index (χ4v) is 2.99. The number of nitrogens with zero attached hydrogens (tertiary/aromatic N) is 3. The molecule has 26 heavy (non-hydrogen) atoms. The second kappa shape index (κ2) is 6.05. The van der Waals surface area contributed by atoms with Crippen molar-refractivity contribution < 1.29 is 18.3 Å². The number of carbonyl (C=O) groups excluding carboxylic acids is 1. The lowest BCUT2D eigenvalue weighted by Gasteiger charge is -2.08. The van der Waals surface area contributed by atoms with E-state index in [1.54, 1.807) is 12.3 Å². The third-order valence-electron chi connectivity index (χ3n) is 4.52. The maximum Gasteiger partial charge on any atom is 0.231 e. The first kappa shape index (κ1) is 16.4. The minimum absolute atomic E-state index is 0.260. The average Bonchev–Trinajstić information content (AvgIpc) is 3.27. The summed E-state index contributed by atoms with van der Waals surface area (Å²) in [5.41, 5.74) is 1.99. The molecule has 1 fully saturated rings. The van der Waals surface area contributed by atoms with Gasteiger partial charge in [-0.15, -0.1) is 0 Å². The van der Waals surface area contributed by atoms with Crippen LogP contribution in [0.15, 0.2) is 30.6 Å². The predicted molar refractivity (Wildman–Crippen MR) is 92.1 cm³/mol. The second-order valence-corrected chi connectivity index (χ2v) is 6.27. The van der Waals surface area contributed by atoms with E-state index in [1.807, 2.05) is 17.7 Å². The first-order valence-electron chi connectivity index (χ1n) is 8.08. The Kier molecular flexibility index (Phi) is 3.82. The van der Waals surface area contributed by atoms with E-state index in [0.717, 1.165) is 17.1 Å². The van der Waals surface area contributed by atoms with Gasteiger partial charge in [0.05, 0.1) is 42.2 Å². The number of ether oxygens (including phenoxy) is 1. The lowest BCUT2D eigenvalue weighted by atomic mass is 10.2. The lowest BCUT2D eigenvalue weighted by Crippen LogP contribution is -2.15. The number of hydrogen-bond acceptors (Lipinski definition) is 4. The summed E-state index contributed by atoms with van der Waals surface area (Å²) in [6.45, 7) is 0. The van der Waals surface area contributed by atoms with E-state index in [2.05, 4.69) is 15.3 Å². The van der Waals surface area contributed by atoms with Crippen molar-refractivity contribution in [2.75, 3.05) is 12.4 Å². The number of nitrogens with one attached hydrogen (secondary N) is 1. The van der Waals surface area contributed by atoms with Crippen LogP contribution in [0.5, 0.6) is 5.88 Å². The Hall–Kier alpha value is -3.03. The first-order chi connectivity index (χ1) is 12.5. The largest absolute Gasteiger partial charge is 0.481 e. The van der Waals surface area contributed by atoms with E-state index in [1.165, 1.54) is 13.2 Å². The third kappa shape index (κ3) is 2.77. The molecule has 1 N–H and O–H groups in total. The molecule has 134 valence electrons. The van der Waals surface area contributed by atoms with Crippen molar-refractivity contribution in [3.05, 3.63) is 36.4 Å². The van der Waals surface area contributed by atoms with Crippen molar-refractivity contribution in [3.8, 4) is 17.1 Å². The molecule has 1 amide bonds. The van der Waals surface area contributed by atoms with Gasteiger partial charge in [-0.3, -0.25) is 4.79 Å². The summed E-state index contributed by atoms with van der Waals surface area (Å²) in [5.74, 6) is -0.759. The molecule has 0 bridgehead atoms. The van der Waals surface area contributed by atoms with Crippen LogP contribution in [-0.4, -0.2) is 33.7 Å². The minimum atomic E-state index is -1.06. The SMILES string of the molecule is COc1ncc(F)cc1-c1cc2cc(NC(=O)[C@@H]3C[C@@H]3F)ncc2n1C. The van der Waals surface area contributed by atoms with Crippen LogP contribution in [0.25, 0.3) is 22.2 Å². The molecule has 0 spiro atoms. The summed E-state index contributed by atoms with van der Waals surface area (Å²) in [5, 5.41) is 3.43. The minimum Gasteiger partial charge on any atom is -0.481 e. The molecule has 3 heterocycles. The summed E-state index contributed by atoms with van der Waals surface area (Å²) in [7, 11) is 3.29. The van der Waals surface area contributed by atoms with E-state index >= 15 is 0 Å². The molecule has 0 aromatic carbocycles. The smallest absolute Gasteiger partial charge is 0.231 e. The van der Waals surface area contributed by atoms with Crippen molar-refractivity contribution in [1.29, 1.82) is 0 Å². The Morgan fingerprint density at radius 3 is 2.77 bits per heavy atom. The number of rotatable bonds is 4. The highest BCUT2D eigenvalue weighted by Gasteiger charge is 2.43. The molecule has 1 aliphatic rings. The average molecular weight is 358 g/mol. The second-order valence-electron chi connectivity index (χ2n) is 6.27. The highest BCUT2D eigenvalue weighted by Crippen LogP contribution is 2.35. The third-order valence-corrected chi connectivity index (χ3v) is 4.52. The van der Waals surface area contributed by atoms with Gasteiger partial charge < -0.3 is 14.6 Å². The topological polar surface area (TPSA) is 69.0 Å². The molecule has 6 nitrogen and oxygen atoms in total. The van der Waals surface area contributed by atoms with E-state index < -0.39 is 17.9 Å². The Morgan fingerprint density at radius 2 is 2.08 bits per heavy atom. The number of hydrogen-bond donors (Lipinski definition) is 1. The van der Waals surface area contributed by atoms with Gasteiger partial charge in [0, 0.05) is 12.4 Å². The summed E-state index contributed by atoms with van der Waals surface area (Å²) in [6.07, 6.45) is 1.90. The van der Waals surface area contributed by atoms with E-state index in [-0.39, 0.29) is 12.3 Å². The zero-order valence-electron chi connectivity index (χ0n) is 14.2. The van der Waals surface area contributed by atoms with Gasteiger partial charge in [-0.2, -0.15) is 0 Å². The van der Waals surface area contributed by atoms with E-state index in [4.69, 9.17) is 4.74 Å². The normalized spacial score (nSPS) is 18.8. The van der Waals surface area contributed by atoms with Gasteiger partial charge in [0.25, 0.3) is 0 Å². The van der Waals surface area contributed by atoms with Crippen molar-refractivity contribution in [3.63, 3.8) is 0 Å². The Labute approximate surface area is 147 Å². The van der Waals surface area contributed by atoms with Crippen LogP contribution in [0.3, 0.4) is 0 Å². The van der Waals surface area contributed by atoms with Crippen molar-refractivity contribution in [2.45, 2.75) is 12.6 Å². The van der Waals surface area contributed by atoms with Gasteiger partial charge in [0.15, 0.2) is 0 Å². The number of alkyl halides is 1. The molecule has 3 aromatic rings. The Morgan fingerprint density at radius 1 is 1.31 bits per heavy atom. The Balaban J connectivity index is 1.73. The number of pyridine rings is 2. The van der Waals surface area contributed by atoms with Gasteiger partial charge in [0.2, 0.25) is 11.8 Å². The molecule has 0 radical (unpaired) electrons. The van der Waals surface area contributed by atoms with Gasteiger partial charge in [0.1, 0.15) is 17.8 Å². The lowest BCUT2D eigenvalue weighted by molar-refractivity contribution is -0.117. The van der Waals surface area contributed by atoms with Gasteiger partial charge in [-0.25, -0.2) is 18.7 Å². The number of methoxy groups -OCH3 is 1. The maximum atomic E-state index is 13.7.